The van der Waals surface area contributed by atoms with Gasteiger partial charge in [-0.1, -0.05) is 42.1 Å². The molecule has 1 amide bonds. The number of aromatic nitrogens is 3. The van der Waals surface area contributed by atoms with Crippen molar-refractivity contribution in [1.29, 1.82) is 0 Å². The summed E-state index contributed by atoms with van der Waals surface area (Å²) in [7, 11) is 1.62. The molecule has 0 bridgehead atoms. The van der Waals surface area contributed by atoms with E-state index >= 15 is 0 Å². The van der Waals surface area contributed by atoms with E-state index in [0.29, 0.717) is 23.3 Å². The second-order valence-corrected chi connectivity index (χ2v) is 8.55. The number of thioether (sulfide) groups is 1. The van der Waals surface area contributed by atoms with Crippen LogP contribution in [0, 0.1) is 0 Å². The van der Waals surface area contributed by atoms with Crippen molar-refractivity contribution in [3.63, 3.8) is 0 Å². The number of ether oxygens (including phenoxy) is 2. The van der Waals surface area contributed by atoms with Gasteiger partial charge in [-0.15, -0.1) is 5.10 Å². The average molecular weight is 461 g/mol. The van der Waals surface area contributed by atoms with Crippen LogP contribution in [-0.4, -0.2) is 33.4 Å². The zero-order valence-corrected chi connectivity index (χ0v) is 19.1. The van der Waals surface area contributed by atoms with E-state index < -0.39 is 0 Å². The molecule has 0 fully saturated rings. The molecule has 0 spiro atoms. The summed E-state index contributed by atoms with van der Waals surface area (Å²) >= 11 is 1.29. The largest absolute Gasteiger partial charge is 0.497 e. The molecule has 0 aliphatic carbocycles. The summed E-state index contributed by atoms with van der Waals surface area (Å²) in [6, 6.07) is 24.8. The molecular formula is C25H24N4O3S. The van der Waals surface area contributed by atoms with Crippen LogP contribution < -0.4 is 14.8 Å². The number of carbonyl (C=O) groups excluding carboxylic acids is 1. The third-order valence-corrected chi connectivity index (χ3v) is 5.81. The van der Waals surface area contributed by atoms with Gasteiger partial charge in [-0.05, 0) is 61.0 Å². The maximum Gasteiger partial charge on any atom is 0.237 e. The van der Waals surface area contributed by atoms with Crippen LogP contribution in [0.2, 0.25) is 0 Å². The van der Waals surface area contributed by atoms with Crippen molar-refractivity contribution in [2.24, 2.45) is 0 Å². The lowest BCUT2D eigenvalue weighted by Crippen LogP contribution is -2.22. The minimum Gasteiger partial charge on any atom is -0.497 e. The summed E-state index contributed by atoms with van der Waals surface area (Å²) in [6.45, 7) is 2.32. The van der Waals surface area contributed by atoms with E-state index in [4.69, 9.17) is 9.47 Å². The fourth-order valence-corrected chi connectivity index (χ4v) is 3.73. The number of nitrogens with zero attached hydrogens (tertiary/aromatic N) is 2. The van der Waals surface area contributed by atoms with Gasteiger partial charge in [-0.25, -0.2) is 4.98 Å². The predicted octanol–water partition coefficient (Wildman–Crippen LogP) is 5.18. The standard InChI is InChI=1S/C25H24N4O3S/c1-17(33-25-27-23(28-29-25)19-8-12-21(31-2)13-9-19)24(30)26-20-10-14-22(15-11-20)32-16-18-6-4-3-5-7-18/h3-15,17H,16H2,1-2H3,(H,26,30)(H,27,28,29). The van der Waals surface area contributed by atoms with Crippen LogP contribution in [0.25, 0.3) is 11.4 Å². The van der Waals surface area contributed by atoms with Gasteiger partial charge in [0.1, 0.15) is 18.1 Å². The smallest absolute Gasteiger partial charge is 0.237 e. The van der Waals surface area contributed by atoms with Crippen LogP contribution in [-0.2, 0) is 11.4 Å². The number of hydrogen-bond acceptors (Lipinski definition) is 6. The van der Waals surface area contributed by atoms with E-state index in [-0.39, 0.29) is 11.2 Å². The molecule has 7 nitrogen and oxygen atoms in total. The number of carbonyl (C=O) groups is 1. The van der Waals surface area contributed by atoms with Crippen molar-refractivity contribution >= 4 is 23.4 Å². The summed E-state index contributed by atoms with van der Waals surface area (Å²) in [6.07, 6.45) is 0. The molecule has 168 valence electrons. The highest BCUT2D eigenvalue weighted by molar-refractivity contribution is 8.00. The molecular weight excluding hydrogens is 436 g/mol. The Kier molecular flexibility index (Phi) is 7.26. The summed E-state index contributed by atoms with van der Waals surface area (Å²) in [4.78, 5) is 17.1. The monoisotopic (exact) mass is 460 g/mol. The number of amides is 1. The van der Waals surface area contributed by atoms with Gasteiger partial charge in [-0.3, -0.25) is 9.89 Å². The van der Waals surface area contributed by atoms with E-state index in [0.717, 1.165) is 22.6 Å². The number of aromatic amines is 1. The Balaban J connectivity index is 1.29. The molecule has 1 heterocycles. The molecule has 0 radical (unpaired) electrons. The van der Waals surface area contributed by atoms with Gasteiger partial charge >= 0.3 is 0 Å². The average Bonchev–Trinajstić information content (AvgIpc) is 3.32. The Bertz CT molecular complexity index is 1180. The molecule has 0 saturated heterocycles. The van der Waals surface area contributed by atoms with Gasteiger partial charge in [0.15, 0.2) is 5.82 Å². The lowest BCUT2D eigenvalue weighted by molar-refractivity contribution is -0.115. The first-order valence-corrected chi connectivity index (χ1v) is 11.3. The SMILES string of the molecule is COc1ccc(-c2nc(SC(C)C(=O)Nc3ccc(OCc4ccccc4)cc3)n[nH]2)cc1. The van der Waals surface area contributed by atoms with Crippen molar-refractivity contribution in [2.45, 2.75) is 23.9 Å². The quantitative estimate of drug-likeness (QED) is 0.335. The number of methoxy groups -OCH3 is 1. The normalized spacial score (nSPS) is 11.6. The van der Waals surface area contributed by atoms with Crippen molar-refractivity contribution in [3.05, 3.63) is 84.4 Å². The Morgan fingerprint density at radius 3 is 2.39 bits per heavy atom. The maximum atomic E-state index is 12.6. The van der Waals surface area contributed by atoms with Gasteiger partial charge < -0.3 is 14.8 Å². The molecule has 0 aliphatic rings. The van der Waals surface area contributed by atoms with Crippen LogP contribution >= 0.6 is 11.8 Å². The third kappa shape index (κ3) is 6.14. The van der Waals surface area contributed by atoms with Gasteiger partial charge in [0, 0.05) is 11.3 Å². The highest BCUT2D eigenvalue weighted by Crippen LogP contribution is 2.25. The van der Waals surface area contributed by atoms with Crippen molar-refractivity contribution in [2.75, 3.05) is 12.4 Å². The van der Waals surface area contributed by atoms with Crippen LogP contribution in [0.1, 0.15) is 12.5 Å². The summed E-state index contributed by atoms with van der Waals surface area (Å²) in [5.74, 6) is 2.02. The van der Waals surface area contributed by atoms with Gasteiger partial charge in [0.2, 0.25) is 11.1 Å². The van der Waals surface area contributed by atoms with Crippen LogP contribution in [0.5, 0.6) is 11.5 Å². The van der Waals surface area contributed by atoms with Gasteiger partial charge in [0.05, 0.1) is 12.4 Å². The van der Waals surface area contributed by atoms with Crippen LogP contribution in [0.4, 0.5) is 5.69 Å². The van der Waals surface area contributed by atoms with Crippen molar-refractivity contribution in [1.82, 2.24) is 15.2 Å². The molecule has 8 heteroatoms. The fraction of sp³-hybridized carbons (Fsp3) is 0.160. The van der Waals surface area contributed by atoms with Crippen LogP contribution in [0.15, 0.2) is 84.0 Å². The zero-order valence-electron chi connectivity index (χ0n) is 18.3. The Morgan fingerprint density at radius 2 is 1.70 bits per heavy atom. The van der Waals surface area contributed by atoms with E-state index in [1.54, 1.807) is 7.11 Å². The molecule has 1 atom stereocenters. The first kappa shape index (κ1) is 22.4. The van der Waals surface area contributed by atoms with Crippen molar-refractivity contribution < 1.29 is 14.3 Å². The number of H-pyrrole nitrogens is 1. The minimum atomic E-state index is -0.376. The molecule has 2 N–H and O–H groups in total. The minimum absolute atomic E-state index is 0.131. The number of anilines is 1. The molecule has 3 aromatic carbocycles. The topological polar surface area (TPSA) is 89.1 Å². The molecule has 0 aliphatic heterocycles. The highest BCUT2D eigenvalue weighted by atomic mass is 32.2. The fourth-order valence-electron chi connectivity index (χ4n) is 3.01. The van der Waals surface area contributed by atoms with Gasteiger partial charge in [-0.2, -0.15) is 0 Å². The summed E-state index contributed by atoms with van der Waals surface area (Å²) in [5, 5.41) is 10.2. The maximum absolute atomic E-state index is 12.6. The lowest BCUT2D eigenvalue weighted by atomic mass is 10.2. The number of benzene rings is 3. The summed E-state index contributed by atoms with van der Waals surface area (Å²) < 4.78 is 11.0. The van der Waals surface area contributed by atoms with E-state index in [1.165, 1.54) is 11.8 Å². The molecule has 33 heavy (non-hydrogen) atoms. The third-order valence-electron chi connectivity index (χ3n) is 4.85. The van der Waals surface area contributed by atoms with E-state index in [2.05, 4.69) is 20.5 Å². The predicted molar refractivity (Wildman–Crippen MR) is 130 cm³/mol. The van der Waals surface area contributed by atoms with E-state index in [1.807, 2.05) is 85.8 Å². The highest BCUT2D eigenvalue weighted by Gasteiger charge is 2.18. The first-order valence-electron chi connectivity index (χ1n) is 10.4. The Morgan fingerprint density at radius 1 is 1.00 bits per heavy atom. The Labute approximate surface area is 196 Å². The summed E-state index contributed by atoms with van der Waals surface area (Å²) in [5.41, 5.74) is 2.69. The number of hydrogen-bond donors (Lipinski definition) is 2. The molecule has 4 aromatic rings. The lowest BCUT2D eigenvalue weighted by Gasteiger charge is -2.11. The van der Waals surface area contributed by atoms with Gasteiger partial charge in [0.25, 0.3) is 0 Å². The number of nitrogens with one attached hydrogen (secondary N) is 2. The van der Waals surface area contributed by atoms with Crippen molar-refractivity contribution in [3.8, 4) is 22.9 Å². The zero-order chi connectivity index (χ0) is 23.0. The Hall–Kier alpha value is -3.78. The van der Waals surface area contributed by atoms with E-state index in [9.17, 15) is 4.79 Å². The van der Waals surface area contributed by atoms with Crippen LogP contribution in [0.3, 0.4) is 0 Å². The second-order valence-electron chi connectivity index (χ2n) is 7.24. The first-order chi connectivity index (χ1) is 16.1. The number of rotatable bonds is 9. The molecule has 4 rings (SSSR count). The second kappa shape index (κ2) is 10.7. The molecule has 0 saturated carbocycles. The molecule has 1 aromatic heterocycles. The molecule has 1 unspecified atom stereocenters.